The van der Waals surface area contributed by atoms with Crippen LogP contribution < -0.4 is 10.9 Å². The Bertz CT molecular complexity index is 497. The molecule has 1 aromatic rings. The summed E-state index contributed by atoms with van der Waals surface area (Å²) in [5, 5.41) is 0. The lowest BCUT2D eigenvalue weighted by Gasteiger charge is -2.09. The van der Waals surface area contributed by atoms with E-state index in [1.807, 2.05) is 6.08 Å². The van der Waals surface area contributed by atoms with Gasteiger partial charge in [0.25, 0.3) is 5.91 Å². The molecule has 0 aromatic heterocycles. The lowest BCUT2D eigenvalue weighted by atomic mass is 10.1. The van der Waals surface area contributed by atoms with Crippen molar-refractivity contribution < 1.29 is 14.0 Å². The molecule has 1 aromatic carbocycles. The highest BCUT2D eigenvalue weighted by atomic mass is 19.1. The Hall–Kier alpha value is -2.17. The van der Waals surface area contributed by atoms with E-state index in [1.165, 1.54) is 24.3 Å². The minimum atomic E-state index is -0.463. The lowest BCUT2D eigenvalue weighted by Crippen LogP contribution is -2.42. The highest BCUT2D eigenvalue weighted by Crippen LogP contribution is 2.19. The highest BCUT2D eigenvalue weighted by Gasteiger charge is 2.14. The van der Waals surface area contributed by atoms with E-state index >= 15 is 0 Å². The van der Waals surface area contributed by atoms with Gasteiger partial charge in [-0.25, -0.2) is 4.39 Å². The normalized spacial score (nSPS) is 17.2. The molecule has 1 aliphatic carbocycles. The van der Waals surface area contributed by atoms with Crippen molar-refractivity contribution in [1.29, 1.82) is 0 Å². The average molecular weight is 262 g/mol. The zero-order chi connectivity index (χ0) is 13.7. The minimum absolute atomic E-state index is 0.230. The molecule has 100 valence electrons. The van der Waals surface area contributed by atoms with Gasteiger partial charge in [-0.15, -0.1) is 0 Å². The van der Waals surface area contributed by atoms with Crippen LogP contribution in [0.2, 0.25) is 0 Å². The van der Waals surface area contributed by atoms with Crippen LogP contribution in [0.4, 0.5) is 4.39 Å². The third-order valence-corrected chi connectivity index (χ3v) is 2.98. The second-order valence-corrected chi connectivity index (χ2v) is 4.48. The SMILES string of the molecule is O=C(C[C@H]1C=CCC1)NNC(=O)c1ccc(F)cc1. The number of allylic oxidation sites excluding steroid dienone is 2. The van der Waals surface area contributed by atoms with Crippen LogP contribution >= 0.6 is 0 Å². The topological polar surface area (TPSA) is 58.2 Å². The van der Waals surface area contributed by atoms with Crippen molar-refractivity contribution in [3.05, 3.63) is 47.8 Å². The van der Waals surface area contributed by atoms with Crippen molar-refractivity contribution in [2.45, 2.75) is 19.3 Å². The van der Waals surface area contributed by atoms with Crippen LogP contribution in [-0.2, 0) is 4.79 Å². The minimum Gasteiger partial charge on any atom is -0.273 e. The number of hydrazine groups is 1. The molecule has 2 amide bonds. The molecule has 0 saturated heterocycles. The Morgan fingerprint density at radius 1 is 1.21 bits per heavy atom. The maximum Gasteiger partial charge on any atom is 0.269 e. The first-order chi connectivity index (χ1) is 9.15. The predicted octanol–water partition coefficient (Wildman–Crippen LogP) is 1.94. The van der Waals surface area contributed by atoms with Gasteiger partial charge < -0.3 is 0 Å². The Morgan fingerprint density at radius 2 is 1.95 bits per heavy atom. The largest absolute Gasteiger partial charge is 0.273 e. The fraction of sp³-hybridized carbons (Fsp3) is 0.286. The first kappa shape index (κ1) is 13.3. The van der Waals surface area contributed by atoms with Gasteiger partial charge in [-0.1, -0.05) is 12.2 Å². The number of amides is 2. The van der Waals surface area contributed by atoms with Crippen LogP contribution in [0.15, 0.2) is 36.4 Å². The standard InChI is InChI=1S/C14H15FN2O2/c15-12-7-5-11(6-8-12)14(19)17-16-13(18)9-10-3-1-2-4-10/h1,3,5-8,10H,2,4,9H2,(H,16,18)(H,17,19)/t10-/m0/s1. The number of benzene rings is 1. The smallest absolute Gasteiger partial charge is 0.269 e. The number of carbonyl (C=O) groups excluding carboxylic acids is 2. The number of halogens is 1. The Kier molecular flexibility index (Phi) is 4.28. The average Bonchev–Trinajstić information content (AvgIpc) is 2.89. The van der Waals surface area contributed by atoms with E-state index in [-0.39, 0.29) is 11.8 Å². The Morgan fingerprint density at radius 3 is 2.58 bits per heavy atom. The molecule has 2 rings (SSSR count). The molecular weight excluding hydrogens is 247 g/mol. The summed E-state index contributed by atoms with van der Waals surface area (Å²) in [5.74, 6) is -0.848. The van der Waals surface area contributed by atoms with Gasteiger partial charge >= 0.3 is 0 Å². The summed E-state index contributed by atoms with van der Waals surface area (Å²) < 4.78 is 12.7. The van der Waals surface area contributed by atoms with Gasteiger partial charge in [-0.2, -0.15) is 0 Å². The zero-order valence-corrected chi connectivity index (χ0v) is 10.4. The van der Waals surface area contributed by atoms with Crippen molar-refractivity contribution in [1.82, 2.24) is 10.9 Å². The van der Waals surface area contributed by atoms with Crippen molar-refractivity contribution in [3.63, 3.8) is 0 Å². The van der Waals surface area contributed by atoms with Crippen LogP contribution in [-0.4, -0.2) is 11.8 Å². The van der Waals surface area contributed by atoms with E-state index < -0.39 is 11.7 Å². The van der Waals surface area contributed by atoms with Gasteiger partial charge in [0.05, 0.1) is 0 Å². The molecule has 5 heteroatoms. The van der Waals surface area contributed by atoms with E-state index in [4.69, 9.17) is 0 Å². The molecule has 1 aliphatic rings. The van der Waals surface area contributed by atoms with E-state index in [0.717, 1.165) is 12.8 Å². The van der Waals surface area contributed by atoms with Crippen LogP contribution in [0.25, 0.3) is 0 Å². The van der Waals surface area contributed by atoms with E-state index in [2.05, 4.69) is 16.9 Å². The third-order valence-electron chi connectivity index (χ3n) is 2.98. The van der Waals surface area contributed by atoms with Crippen molar-refractivity contribution >= 4 is 11.8 Å². The quantitative estimate of drug-likeness (QED) is 0.646. The first-order valence-electron chi connectivity index (χ1n) is 6.16. The lowest BCUT2D eigenvalue weighted by molar-refractivity contribution is -0.122. The van der Waals surface area contributed by atoms with Gasteiger partial charge in [-0.05, 0) is 43.0 Å². The predicted molar refractivity (Wildman–Crippen MR) is 68.5 cm³/mol. The summed E-state index contributed by atoms with van der Waals surface area (Å²) in [5.41, 5.74) is 4.96. The summed E-state index contributed by atoms with van der Waals surface area (Å²) in [7, 11) is 0. The monoisotopic (exact) mass is 262 g/mol. The summed E-state index contributed by atoms with van der Waals surface area (Å²) in [6, 6.07) is 5.10. The molecule has 0 radical (unpaired) electrons. The second kappa shape index (κ2) is 6.13. The van der Waals surface area contributed by atoms with Gasteiger partial charge in [-0.3, -0.25) is 20.4 Å². The van der Waals surface area contributed by atoms with E-state index in [9.17, 15) is 14.0 Å². The molecular formula is C14H15FN2O2. The number of rotatable bonds is 3. The highest BCUT2D eigenvalue weighted by molar-refractivity contribution is 5.95. The molecule has 0 bridgehead atoms. The van der Waals surface area contributed by atoms with Crippen LogP contribution in [0.3, 0.4) is 0 Å². The molecule has 19 heavy (non-hydrogen) atoms. The van der Waals surface area contributed by atoms with Gasteiger partial charge in [0, 0.05) is 12.0 Å². The van der Waals surface area contributed by atoms with Gasteiger partial charge in [0.1, 0.15) is 5.82 Å². The third kappa shape index (κ3) is 3.91. The van der Waals surface area contributed by atoms with Crippen molar-refractivity contribution in [3.8, 4) is 0 Å². The van der Waals surface area contributed by atoms with Gasteiger partial charge in [0.2, 0.25) is 5.91 Å². The number of hydrogen-bond acceptors (Lipinski definition) is 2. The fourth-order valence-electron chi connectivity index (χ4n) is 1.95. The molecule has 0 spiro atoms. The Labute approximate surface area is 110 Å². The number of nitrogens with one attached hydrogen (secondary N) is 2. The van der Waals surface area contributed by atoms with Crippen LogP contribution in [0.1, 0.15) is 29.6 Å². The summed E-state index contributed by atoms with van der Waals surface area (Å²) >= 11 is 0. The summed E-state index contributed by atoms with van der Waals surface area (Å²) in [6.45, 7) is 0. The maximum atomic E-state index is 12.7. The number of carbonyl (C=O) groups is 2. The summed E-state index contributed by atoms with van der Waals surface area (Å²) in [4.78, 5) is 23.2. The zero-order valence-electron chi connectivity index (χ0n) is 10.4. The fourth-order valence-corrected chi connectivity index (χ4v) is 1.95. The molecule has 0 unspecified atom stereocenters. The van der Waals surface area contributed by atoms with Crippen molar-refractivity contribution in [2.24, 2.45) is 5.92 Å². The van der Waals surface area contributed by atoms with Crippen molar-refractivity contribution in [2.75, 3.05) is 0 Å². The molecule has 0 heterocycles. The van der Waals surface area contributed by atoms with Crippen LogP contribution in [0, 0.1) is 11.7 Å². The van der Waals surface area contributed by atoms with E-state index in [1.54, 1.807) is 0 Å². The Balaban J connectivity index is 1.78. The van der Waals surface area contributed by atoms with Crippen LogP contribution in [0.5, 0.6) is 0 Å². The second-order valence-electron chi connectivity index (χ2n) is 4.48. The molecule has 1 atom stereocenters. The van der Waals surface area contributed by atoms with Gasteiger partial charge in [0.15, 0.2) is 0 Å². The summed E-state index contributed by atoms with van der Waals surface area (Å²) in [6.07, 6.45) is 6.40. The molecule has 0 saturated carbocycles. The molecule has 0 fully saturated rings. The first-order valence-corrected chi connectivity index (χ1v) is 6.16. The number of hydrogen-bond donors (Lipinski definition) is 2. The van der Waals surface area contributed by atoms with E-state index in [0.29, 0.717) is 12.0 Å². The molecule has 4 nitrogen and oxygen atoms in total. The molecule has 2 N–H and O–H groups in total. The maximum absolute atomic E-state index is 12.7. The molecule has 0 aliphatic heterocycles.